The maximum atomic E-state index is 13.7. The van der Waals surface area contributed by atoms with E-state index in [2.05, 4.69) is 0 Å². The van der Waals surface area contributed by atoms with Crippen molar-refractivity contribution in [2.45, 2.75) is 12.3 Å². The number of halogens is 4. The van der Waals surface area contributed by atoms with E-state index in [1.807, 2.05) is 0 Å². The molecule has 1 aliphatic rings. The van der Waals surface area contributed by atoms with Gasteiger partial charge in [-0.15, -0.1) is 0 Å². The van der Waals surface area contributed by atoms with Gasteiger partial charge in [-0.25, -0.2) is 17.6 Å². The second kappa shape index (κ2) is 5.69. The van der Waals surface area contributed by atoms with Crippen LogP contribution in [0.15, 0.2) is 33.9 Å². The largest absolute Gasteiger partial charge is 0.238 e. The molecule has 98 valence electrons. The Morgan fingerprint density at radius 3 is 1.15 bits per heavy atom. The van der Waals surface area contributed by atoms with Crippen LogP contribution in [0, 0.1) is 45.3 Å². The van der Waals surface area contributed by atoms with Gasteiger partial charge < -0.3 is 0 Å². The van der Waals surface area contributed by atoms with E-state index in [1.165, 1.54) is 0 Å². The van der Waals surface area contributed by atoms with Crippen LogP contribution in [-0.2, 0) is 0 Å². The van der Waals surface area contributed by atoms with Crippen molar-refractivity contribution < 1.29 is 17.6 Å². The SMILES string of the molecule is N#CC(C#N)=C1C(F)=C(F)C(=C(C#N)C#N)C(F)C1F. The van der Waals surface area contributed by atoms with Crippen molar-refractivity contribution in [3.8, 4) is 24.3 Å². The summed E-state index contributed by atoms with van der Waals surface area (Å²) in [6.07, 6.45) is -5.73. The fraction of sp³-hybridized carbons (Fsp3) is 0.167. The van der Waals surface area contributed by atoms with Crippen molar-refractivity contribution in [1.82, 2.24) is 0 Å². The summed E-state index contributed by atoms with van der Waals surface area (Å²) < 4.78 is 54.8. The van der Waals surface area contributed by atoms with Crippen molar-refractivity contribution in [3.05, 3.63) is 33.9 Å². The standard InChI is InChI=1S/C12H2F4N4/c13-9-7(5(1-17)2-18)10(14)12(16)8(11(9)15)6(3-19)4-20/h9,11H. The summed E-state index contributed by atoms with van der Waals surface area (Å²) in [6.45, 7) is 0. The highest BCUT2D eigenvalue weighted by atomic mass is 19.2. The predicted molar refractivity (Wildman–Crippen MR) is 55.5 cm³/mol. The third kappa shape index (κ3) is 2.11. The van der Waals surface area contributed by atoms with E-state index in [1.54, 1.807) is 0 Å². The lowest BCUT2D eigenvalue weighted by atomic mass is 9.87. The third-order valence-electron chi connectivity index (χ3n) is 2.46. The minimum Gasteiger partial charge on any atom is -0.238 e. The molecule has 4 nitrogen and oxygen atoms in total. The summed E-state index contributed by atoms with van der Waals surface area (Å²) in [5, 5.41) is 34.0. The van der Waals surface area contributed by atoms with Gasteiger partial charge in [0.15, 0.2) is 24.0 Å². The fourth-order valence-corrected chi connectivity index (χ4v) is 1.56. The molecule has 0 aromatic heterocycles. The highest BCUT2D eigenvalue weighted by Gasteiger charge is 2.43. The Labute approximate surface area is 110 Å². The van der Waals surface area contributed by atoms with Crippen LogP contribution in [0.25, 0.3) is 0 Å². The molecule has 1 rings (SSSR count). The Kier molecular flexibility index (Phi) is 4.26. The van der Waals surface area contributed by atoms with Gasteiger partial charge in [0.25, 0.3) is 0 Å². The maximum Gasteiger partial charge on any atom is 0.167 e. The zero-order valence-electron chi connectivity index (χ0n) is 9.46. The molecule has 0 aromatic carbocycles. The first-order valence-corrected chi connectivity index (χ1v) is 4.87. The average molecular weight is 278 g/mol. The van der Waals surface area contributed by atoms with Gasteiger partial charge in [-0.2, -0.15) is 21.0 Å². The van der Waals surface area contributed by atoms with Crippen LogP contribution in [0.2, 0.25) is 0 Å². The van der Waals surface area contributed by atoms with Crippen LogP contribution in [0.3, 0.4) is 0 Å². The van der Waals surface area contributed by atoms with Crippen molar-refractivity contribution >= 4 is 0 Å². The van der Waals surface area contributed by atoms with E-state index < -0.39 is 46.3 Å². The number of hydrogen-bond donors (Lipinski definition) is 0. The first kappa shape index (κ1) is 15.0. The Morgan fingerprint density at radius 1 is 0.700 bits per heavy atom. The molecule has 0 saturated carbocycles. The maximum absolute atomic E-state index is 13.7. The van der Waals surface area contributed by atoms with Crippen LogP contribution in [0.5, 0.6) is 0 Å². The summed E-state index contributed by atoms with van der Waals surface area (Å²) >= 11 is 0. The number of hydrogen-bond acceptors (Lipinski definition) is 4. The van der Waals surface area contributed by atoms with Crippen LogP contribution in [0.4, 0.5) is 17.6 Å². The summed E-state index contributed by atoms with van der Waals surface area (Å²) in [4.78, 5) is 0. The van der Waals surface area contributed by atoms with Gasteiger partial charge in [0.1, 0.15) is 35.4 Å². The monoisotopic (exact) mass is 278 g/mol. The Bertz CT molecular complexity index is 625. The van der Waals surface area contributed by atoms with E-state index in [0.29, 0.717) is 0 Å². The minimum absolute atomic E-state index is 1.12. The average Bonchev–Trinajstić information content (AvgIpc) is 2.46. The Hall–Kier alpha value is -3.10. The van der Waals surface area contributed by atoms with Crippen LogP contribution in [-0.4, -0.2) is 12.3 Å². The summed E-state index contributed by atoms with van der Waals surface area (Å²) in [6, 6.07) is 4.48. The van der Waals surface area contributed by atoms with Crippen LogP contribution in [0.1, 0.15) is 0 Å². The first-order chi connectivity index (χ1) is 9.44. The summed E-state index contributed by atoms with van der Waals surface area (Å²) in [5.74, 6) is -3.94. The number of nitriles is 4. The molecule has 0 heterocycles. The van der Waals surface area contributed by atoms with Gasteiger partial charge in [-0.1, -0.05) is 0 Å². The molecule has 0 radical (unpaired) electrons. The van der Waals surface area contributed by atoms with Crippen molar-refractivity contribution in [1.29, 1.82) is 21.0 Å². The lowest BCUT2D eigenvalue weighted by Gasteiger charge is -2.23. The lowest BCUT2D eigenvalue weighted by Crippen LogP contribution is -2.29. The van der Waals surface area contributed by atoms with E-state index in [9.17, 15) is 17.6 Å². The van der Waals surface area contributed by atoms with E-state index in [-0.39, 0.29) is 0 Å². The zero-order chi connectivity index (χ0) is 15.4. The van der Waals surface area contributed by atoms with Crippen LogP contribution >= 0.6 is 0 Å². The topological polar surface area (TPSA) is 95.2 Å². The minimum atomic E-state index is -2.87. The zero-order valence-corrected chi connectivity index (χ0v) is 9.46. The number of nitrogens with zero attached hydrogens (tertiary/aromatic N) is 4. The summed E-state index contributed by atoms with van der Waals surface area (Å²) in [5.41, 5.74) is -4.97. The normalized spacial score (nSPS) is 21.4. The van der Waals surface area contributed by atoms with Crippen LogP contribution < -0.4 is 0 Å². The highest BCUT2D eigenvalue weighted by molar-refractivity contribution is 5.60. The molecule has 0 aromatic rings. The molecular weight excluding hydrogens is 276 g/mol. The molecule has 2 unspecified atom stereocenters. The number of alkyl halides is 2. The van der Waals surface area contributed by atoms with Gasteiger partial charge in [-0.05, 0) is 0 Å². The van der Waals surface area contributed by atoms with Gasteiger partial charge >= 0.3 is 0 Å². The molecule has 0 saturated heterocycles. The molecular formula is C12H2F4N4. The highest BCUT2D eigenvalue weighted by Crippen LogP contribution is 2.41. The molecule has 8 heteroatoms. The van der Waals surface area contributed by atoms with E-state index in [4.69, 9.17) is 21.0 Å². The quantitative estimate of drug-likeness (QED) is 0.502. The smallest absolute Gasteiger partial charge is 0.167 e. The molecule has 1 aliphatic carbocycles. The van der Waals surface area contributed by atoms with Gasteiger partial charge in [-0.3, -0.25) is 0 Å². The molecule has 0 spiro atoms. The van der Waals surface area contributed by atoms with Gasteiger partial charge in [0, 0.05) is 0 Å². The molecule has 0 amide bonds. The second-order valence-electron chi connectivity index (χ2n) is 3.46. The molecule has 0 bridgehead atoms. The van der Waals surface area contributed by atoms with E-state index in [0.717, 1.165) is 24.3 Å². The number of allylic oxidation sites excluding steroid dienone is 6. The van der Waals surface area contributed by atoms with Crippen molar-refractivity contribution in [2.75, 3.05) is 0 Å². The second-order valence-corrected chi connectivity index (χ2v) is 3.46. The number of rotatable bonds is 0. The van der Waals surface area contributed by atoms with Crippen molar-refractivity contribution in [3.63, 3.8) is 0 Å². The van der Waals surface area contributed by atoms with E-state index >= 15 is 0 Å². The van der Waals surface area contributed by atoms with Gasteiger partial charge in [0.2, 0.25) is 0 Å². The Balaban J connectivity index is 3.80. The summed E-state index contributed by atoms with van der Waals surface area (Å²) in [7, 11) is 0. The van der Waals surface area contributed by atoms with Gasteiger partial charge in [0.05, 0.1) is 11.1 Å². The first-order valence-electron chi connectivity index (χ1n) is 4.87. The van der Waals surface area contributed by atoms with Crippen molar-refractivity contribution in [2.24, 2.45) is 0 Å². The Morgan fingerprint density at radius 2 is 0.950 bits per heavy atom. The third-order valence-corrected chi connectivity index (χ3v) is 2.46. The molecule has 2 atom stereocenters. The lowest BCUT2D eigenvalue weighted by molar-refractivity contribution is 0.210. The molecule has 0 N–H and O–H groups in total. The molecule has 0 aliphatic heterocycles. The molecule has 20 heavy (non-hydrogen) atoms. The molecule has 0 fully saturated rings. The fourth-order valence-electron chi connectivity index (χ4n) is 1.56. The predicted octanol–water partition coefficient (Wildman–Crippen LogP) is 2.51.